The molecule has 6 heteroatoms. The van der Waals surface area contributed by atoms with Crippen LogP contribution in [0.1, 0.15) is 35.2 Å². The van der Waals surface area contributed by atoms with Crippen molar-refractivity contribution >= 4 is 0 Å². The lowest BCUT2D eigenvalue weighted by Gasteiger charge is -2.40. The van der Waals surface area contributed by atoms with Gasteiger partial charge in [-0.1, -0.05) is 30.3 Å². The van der Waals surface area contributed by atoms with Gasteiger partial charge in [0.25, 0.3) is 0 Å². The van der Waals surface area contributed by atoms with E-state index in [1.807, 2.05) is 36.0 Å². The fourth-order valence-corrected chi connectivity index (χ4v) is 5.25. The van der Waals surface area contributed by atoms with Gasteiger partial charge in [0.2, 0.25) is 0 Å². The zero-order valence-corrected chi connectivity index (χ0v) is 20.9. The van der Waals surface area contributed by atoms with Crippen LogP contribution >= 0.6 is 0 Å². The summed E-state index contributed by atoms with van der Waals surface area (Å²) in [5, 5.41) is 4.51. The second kappa shape index (κ2) is 11.2. The van der Waals surface area contributed by atoms with Crippen LogP contribution in [0.15, 0.2) is 54.7 Å². The average molecular weight is 465 g/mol. The highest BCUT2D eigenvalue weighted by molar-refractivity contribution is 5.27. The molecule has 2 aromatic carbocycles. The van der Waals surface area contributed by atoms with Crippen molar-refractivity contribution < 1.29 is 9.13 Å². The third-order valence-corrected chi connectivity index (χ3v) is 7.23. The van der Waals surface area contributed by atoms with Gasteiger partial charge in [-0.2, -0.15) is 5.10 Å². The number of halogens is 1. The molecular formula is C28H37FN4O. The van der Waals surface area contributed by atoms with E-state index in [1.165, 1.54) is 11.1 Å². The average Bonchev–Trinajstić information content (AvgIpc) is 3.16. The maximum atomic E-state index is 14.6. The third-order valence-electron chi connectivity index (χ3n) is 7.23. The van der Waals surface area contributed by atoms with Crippen molar-refractivity contribution in [3.05, 3.63) is 82.9 Å². The molecule has 5 nitrogen and oxygen atoms in total. The van der Waals surface area contributed by atoms with Gasteiger partial charge in [0, 0.05) is 37.9 Å². The Morgan fingerprint density at radius 1 is 1.09 bits per heavy atom. The second-order valence-electron chi connectivity index (χ2n) is 9.65. The molecule has 1 fully saturated rings. The van der Waals surface area contributed by atoms with Crippen LogP contribution in [-0.2, 0) is 26.6 Å². The minimum Gasteiger partial charge on any atom is -0.497 e. The van der Waals surface area contributed by atoms with E-state index in [1.54, 1.807) is 19.2 Å². The fraction of sp³-hybridized carbons (Fsp3) is 0.464. The number of benzene rings is 2. The Morgan fingerprint density at radius 3 is 2.41 bits per heavy atom. The number of nitrogens with zero attached hydrogens (tertiary/aromatic N) is 4. The minimum absolute atomic E-state index is 0.101. The summed E-state index contributed by atoms with van der Waals surface area (Å²) in [6.45, 7) is 5.96. The Balaban J connectivity index is 1.44. The van der Waals surface area contributed by atoms with E-state index in [2.05, 4.69) is 47.2 Å². The van der Waals surface area contributed by atoms with Crippen LogP contribution < -0.4 is 4.74 Å². The van der Waals surface area contributed by atoms with Crippen molar-refractivity contribution in [1.29, 1.82) is 0 Å². The topological polar surface area (TPSA) is 33.5 Å². The van der Waals surface area contributed by atoms with Gasteiger partial charge >= 0.3 is 0 Å². The Kier molecular flexibility index (Phi) is 8.01. The van der Waals surface area contributed by atoms with Crippen LogP contribution in [0.25, 0.3) is 0 Å². The van der Waals surface area contributed by atoms with Gasteiger partial charge in [0.05, 0.1) is 12.8 Å². The molecule has 0 spiro atoms. The summed E-state index contributed by atoms with van der Waals surface area (Å²) in [7, 11) is 5.84. The molecule has 3 aromatic rings. The van der Waals surface area contributed by atoms with Gasteiger partial charge in [-0.3, -0.25) is 14.5 Å². The smallest absolute Gasteiger partial charge is 0.126 e. The quantitative estimate of drug-likeness (QED) is 0.454. The maximum Gasteiger partial charge on any atom is 0.126 e. The molecule has 1 atom stereocenters. The molecule has 1 unspecified atom stereocenters. The fourth-order valence-electron chi connectivity index (χ4n) is 5.25. The summed E-state index contributed by atoms with van der Waals surface area (Å²) >= 11 is 0. The van der Waals surface area contributed by atoms with Crippen LogP contribution in [0.3, 0.4) is 0 Å². The SMILES string of the molecule is COc1ccc(CN2CCC(C(Cc3ccccc3F)N(C)Cc3cn(C)nc3C)CC2)cc1. The van der Waals surface area contributed by atoms with E-state index in [0.29, 0.717) is 5.92 Å². The van der Waals surface area contributed by atoms with Crippen LogP contribution in [-0.4, -0.2) is 52.9 Å². The molecule has 0 aliphatic carbocycles. The Bertz CT molecular complexity index is 1060. The molecule has 0 amide bonds. The number of likely N-dealkylation sites (tertiary alicyclic amines) is 1. The van der Waals surface area contributed by atoms with E-state index < -0.39 is 0 Å². The molecule has 1 aliphatic rings. The summed E-state index contributed by atoms with van der Waals surface area (Å²) < 4.78 is 21.7. The van der Waals surface area contributed by atoms with Crippen LogP contribution in [0.4, 0.5) is 4.39 Å². The highest BCUT2D eigenvalue weighted by atomic mass is 19.1. The Labute approximate surface area is 203 Å². The highest BCUT2D eigenvalue weighted by Gasteiger charge is 2.30. The molecule has 0 N–H and O–H groups in total. The number of hydrogen-bond donors (Lipinski definition) is 0. The van der Waals surface area contributed by atoms with Crippen molar-refractivity contribution in [1.82, 2.24) is 19.6 Å². The van der Waals surface area contributed by atoms with E-state index in [0.717, 1.165) is 62.4 Å². The first kappa shape index (κ1) is 24.4. The predicted octanol–water partition coefficient (Wildman–Crippen LogP) is 4.83. The predicted molar refractivity (Wildman–Crippen MR) is 134 cm³/mol. The molecule has 182 valence electrons. The van der Waals surface area contributed by atoms with Gasteiger partial charge in [-0.15, -0.1) is 0 Å². The molecule has 2 heterocycles. The van der Waals surface area contributed by atoms with E-state index in [4.69, 9.17) is 4.74 Å². The first-order chi connectivity index (χ1) is 16.4. The van der Waals surface area contributed by atoms with Gasteiger partial charge in [-0.25, -0.2) is 4.39 Å². The molecule has 0 bridgehead atoms. The number of likely N-dealkylation sites (N-methyl/N-ethyl adjacent to an activating group) is 1. The molecule has 34 heavy (non-hydrogen) atoms. The number of hydrogen-bond acceptors (Lipinski definition) is 4. The highest BCUT2D eigenvalue weighted by Crippen LogP contribution is 2.29. The van der Waals surface area contributed by atoms with Gasteiger partial charge in [0.15, 0.2) is 0 Å². The van der Waals surface area contributed by atoms with Crippen LogP contribution in [0, 0.1) is 18.7 Å². The number of ether oxygens (including phenoxy) is 1. The molecule has 1 aromatic heterocycles. The van der Waals surface area contributed by atoms with Crippen molar-refractivity contribution in [3.63, 3.8) is 0 Å². The number of methoxy groups -OCH3 is 1. The standard InChI is InChI=1S/C28H37FN4O/c1-21-25(20-32(3)30-21)19-31(2)28(17-24-7-5-6-8-27(24)29)23-13-15-33(16-14-23)18-22-9-11-26(34-4)12-10-22/h5-12,20,23,28H,13-19H2,1-4H3. The summed E-state index contributed by atoms with van der Waals surface area (Å²) in [5.41, 5.74) is 4.42. The molecule has 4 rings (SSSR count). The first-order valence-corrected chi connectivity index (χ1v) is 12.2. The normalized spacial score (nSPS) is 16.2. The summed E-state index contributed by atoms with van der Waals surface area (Å²) in [5.74, 6) is 1.31. The van der Waals surface area contributed by atoms with Crippen molar-refractivity contribution in [3.8, 4) is 5.75 Å². The lowest BCUT2D eigenvalue weighted by molar-refractivity contribution is 0.0948. The monoisotopic (exact) mass is 464 g/mol. The zero-order valence-electron chi connectivity index (χ0n) is 20.9. The van der Waals surface area contributed by atoms with E-state index in [-0.39, 0.29) is 11.9 Å². The van der Waals surface area contributed by atoms with Crippen LogP contribution in [0.5, 0.6) is 5.75 Å². The Morgan fingerprint density at radius 2 is 1.79 bits per heavy atom. The van der Waals surface area contributed by atoms with Crippen molar-refractivity contribution in [2.24, 2.45) is 13.0 Å². The van der Waals surface area contributed by atoms with E-state index in [9.17, 15) is 4.39 Å². The number of aromatic nitrogens is 2. The van der Waals surface area contributed by atoms with Crippen molar-refractivity contribution in [2.75, 3.05) is 27.2 Å². The van der Waals surface area contributed by atoms with Crippen LogP contribution in [0.2, 0.25) is 0 Å². The third kappa shape index (κ3) is 6.05. The zero-order chi connectivity index (χ0) is 24.1. The van der Waals surface area contributed by atoms with E-state index >= 15 is 0 Å². The summed E-state index contributed by atoms with van der Waals surface area (Å²) in [4.78, 5) is 4.95. The number of rotatable bonds is 9. The largest absolute Gasteiger partial charge is 0.497 e. The molecule has 1 aliphatic heterocycles. The lowest BCUT2D eigenvalue weighted by atomic mass is 9.84. The first-order valence-electron chi connectivity index (χ1n) is 12.2. The molecule has 1 saturated heterocycles. The second-order valence-corrected chi connectivity index (χ2v) is 9.65. The summed E-state index contributed by atoms with van der Waals surface area (Å²) in [6.07, 6.45) is 5.06. The lowest BCUT2D eigenvalue weighted by Crippen LogP contribution is -2.45. The number of piperidine rings is 1. The minimum atomic E-state index is -0.101. The van der Waals surface area contributed by atoms with Gasteiger partial charge in [0.1, 0.15) is 11.6 Å². The van der Waals surface area contributed by atoms with Gasteiger partial charge in [-0.05, 0) is 81.6 Å². The van der Waals surface area contributed by atoms with Gasteiger partial charge < -0.3 is 4.74 Å². The Hall–Kier alpha value is -2.70. The maximum absolute atomic E-state index is 14.6. The summed E-state index contributed by atoms with van der Waals surface area (Å²) in [6, 6.07) is 15.9. The molecule has 0 radical (unpaired) electrons. The molecule has 0 saturated carbocycles. The van der Waals surface area contributed by atoms with Crippen molar-refractivity contribution in [2.45, 2.75) is 45.3 Å². The molecular weight excluding hydrogens is 427 g/mol. The number of aryl methyl sites for hydroxylation is 2.